The van der Waals surface area contributed by atoms with Crippen molar-refractivity contribution in [3.8, 4) is 5.75 Å². The minimum Gasteiger partial charge on any atom is -0.497 e. The zero-order valence-corrected chi connectivity index (χ0v) is 11.6. The molecule has 0 heterocycles. The van der Waals surface area contributed by atoms with Crippen molar-refractivity contribution in [3.05, 3.63) is 24.3 Å². The molecule has 0 aromatic heterocycles. The fourth-order valence-electron chi connectivity index (χ4n) is 1.42. The van der Waals surface area contributed by atoms with E-state index in [-0.39, 0.29) is 17.4 Å². The van der Waals surface area contributed by atoms with Crippen molar-refractivity contribution >= 4 is 10.0 Å². The second kappa shape index (κ2) is 6.17. The Kier molecular flexibility index (Phi) is 5.13. The summed E-state index contributed by atoms with van der Waals surface area (Å²) < 4.78 is 31.7. The Morgan fingerprint density at radius 3 is 2.56 bits per heavy atom. The van der Waals surface area contributed by atoms with Crippen LogP contribution in [0.5, 0.6) is 5.75 Å². The fraction of sp³-hybridized carbons (Fsp3) is 0.500. The Labute approximate surface area is 108 Å². The van der Waals surface area contributed by atoms with Crippen LogP contribution in [0.25, 0.3) is 0 Å². The zero-order valence-electron chi connectivity index (χ0n) is 10.8. The summed E-state index contributed by atoms with van der Waals surface area (Å²) in [6.45, 7) is 3.45. The number of aliphatic hydroxyl groups is 1. The Balaban J connectivity index is 2.98. The van der Waals surface area contributed by atoms with Crippen LogP contribution < -0.4 is 9.46 Å². The lowest BCUT2D eigenvalue weighted by Gasteiger charge is -2.19. The highest BCUT2D eigenvalue weighted by molar-refractivity contribution is 7.89. The van der Waals surface area contributed by atoms with Gasteiger partial charge in [-0.1, -0.05) is 19.9 Å². The van der Waals surface area contributed by atoms with Crippen molar-refractivity contribution in [2.24, 2.45) is 5.92 Å². The van der Waals surface area contributed by atoms with E-state index < -0.39 is 16.1 Å². The average Bonchev–Trinajstić information content (AvgIpc) is 2.35. The first kappa shape index (κ1) is 14.9. The molecule has 5 nitrogen and oxygen atoms in total. The first-order valence-electron chi connectivity index (χ1n) is 5.68. The fourth-order valence-corrected chi connectivity index (χ4v) is 2.83. The number of hydrogen-bond donors (Lipinski definition) is 2. The summed E-state index contributed by atoms with van der Waals surface area (Å²) in [5.41, 5.74) is 0. The van der Waals surface area contributed by atoms with Crippen molar-refractivity contribution in [2.75, 3.05) is 13.7 Å². The van der Waals surface area contributed by atoms with Gasteiger partial charge in [-0.05, 0) is 18.1 Å². The standard InChI is InChI=1S/C12H19NO4S/c1-9(2)12(8-14)13-18(15,16)11-6-4-5-10(7-11)17-3/h4-7,9,12-14H,8H2,1-3H3. The van der Waals surface area contributed by atoms with Crippen molar-refractivity contribution in [1.29, 1.82) is 0 Å². The van der Waals surface area contributed by atoms with Gasteiger partial charge in [0.2, 0.25) is 10.0 Å². The summed E-state index contributed by atoms with van der Waals surface area (Å²) in [5, 5.41) is 9.16. The lowest BCUT2D eigenvalue weighted by atomic mass is 10.1. The number of nitrogens with one attached hydrogen (secondary N) is 1. The van der Waals surface area contributed by atoms with Crippen LogP contribution in [0.2, 0.25) is 0 Å². The van der Waals surface area contributed by atoms with Gasteiger partial charge in [0.25, 0.3) is 0 Å². The molecule has 1 aromatic carbocycles. The van der Waals surface area contributed by atoms with Gasteiger partial charge in [0.05, 0.1) is 18.6 Å². The number of sulfonamides is 1. The molecule has 6 heteroatoms. The van der Waals surface area contributed by atoms with Gasteiger partial charge in [0.1, 0.15) is 5.75 Å². The van der Waals surface area contributed by atoms with E-state index in [2.05, 4.69) is 4.72 Å². The maximum absolute atomic E-state index is 12.1. The van der Waals surface area contributed by atoms with Gasteiger partial charge in [0, 0.05) is 12.1 Å². The van der Waals surface area contributed by atoms with Gasteiger partial charge >= 0.3 is 0 Å². The summed E-state index contributed by atoms with van der Waals surface area (Å²) in [6.07, 6.45) is 0. The maximum atomic E-state index is 12.1. The quantitative estimate of drug-likeness (QED) is 0.810. The second-order valence-electron chi connectivity index (χ2n) is 4.33. The molecule has 18 heavy (non-hydrogen) atoms. The zero-order chi connectivity index (χ0) is 13.8. The lowest BCUT2D eigenvalue weighted by Crippen LogP contribution is -2.41. The molecule has 0 amide bonds. The largest absolute Gasteiger partial charge is 0.497 e. The molecular weight excluding hydrogens is 254 g/mol. The van der Waals surface area contributed by atoms with E-state index in [1.807, 2.05) is 13.8 Å². The van der Waals surface area contributed by atoms with Gasteiger partial charge in [0.15, 0.2) is 0 Å². The highest BCUT2D eigenvalue weighted by Gasteiger charge is 2.22. The number of benzene rings is 1. The van der Waals surface area contributed by atoms with Crippen LogP contribution >= 0.6 is 0 Å². The Morgan fingerprint density at radius 1 is 1.39 bits per heavy atom. The van der Waals surface area contributed by atoms with Gasteiger partial charge < -0.3 is 9.84 Å². The van der Waals surface area contributed by atoms with E-state index in [0.29, 0.717) is 5.75 Å². The Bertz CT molecular complexity index is 485. The summed E-state index contributed by atoms with van der Waals surface area (Å²) in [6, 6.07) is 5.71. The number of aliphatic hydroxyl groups excluding tert-OH is 1. The molecule has 0 saturated carbocycles. The molecule has 2 N–H and O–H groups in total. The third kappa shape index (κ3) is 3.69. The highest BCUT2D eigenvalue weighted by Crippen LogP contribution is 2.17. The summed E-state index contributed by atoms with van der Waals surface area (Å²) in [7, 11) is -2.16. The van der Waals surface area contributed by atoms with Crippen molar-refractivity contribution in [3.63, 3.8) is 0 Å². The van der Waals surface area contributed by atoms with Crippen LogP contribution in [-0.2, 0) is 10.0 Å². The normalized spacial score (nSPS) is 13.6. The van der Waals surface area contributed by atoms with E-state index in [4.69, 9.17) is 9.84 Å². The summed E-state index contributed by atoms with van der Waals surface area (Å²) >= 11 is 0. The van der Waals surface area contributed by atoms with Gasteiger partial charge in [-0.3, -0.25) is 0 Å². The molecule has 0 radical (unpaired) electrons. The average molecular weight is 273 g/mol. The summed E-state index contributed by atoms with van der Waals surface area (Å²) in [5.74, 6) is 0.485. The van der Waals surface area contributed by atoms with E-state index >= 15 is 0 Å². The number of methoxy groups -OCH3 is 1. The third-order valence-corrected chi connectivity index (χ3v) is 4.15. The van der Waals surface area contributed by atoms with Gasteiger partial charge in [-0.25, -0.2) is 13.1 Å². The Morgan fingerprint density at radius 2 is 2.06 bits per heavy atom. The molecule has 1 unspecified atom stereocenters. The first-order chi connectivity index (χ1) is 8.40. The van der Waals surface area contributed by atoms with Crippen molar-refractivity contribution < 1.29 is 18.3 Å². The minimum atomic E-state index is -3.64. The molecule has 0 saturated heterocycles. The predicted molar refractivity (Wildman–Crippen MR) is 69.0 cm³/mol. The molecule has 1 atom stereocenters. The molecular formula is C12H19NO4S. The SMILES string of the molecule is COc1cccc(S(=O)(=O)NC(CO)C(C)C)c1. The van der Waals surface area contributed by atoms with Crippen LogP contribution in [0, 0.1) is 5.92 Å². The van der Waals surface area contributed by atoms with E-state index in [1.165, 1.54) is 19.2 Å². The molecule has 0 spiro atoms. The maximum Gasteiger partial charge on any atom is 0.241 e. The van der Waals surface area contributed by atoms with Crippen LogP contribution in [0.15, 0.2) is 29.2 Å². The number of ether oxygens (including phenoxy) is 1. The molecule has 102 valence electrons. The number of hydrogen-bond acceptors (Lipinski definition) is 4. The van der Waals surface area contributed by atoms with Gasteiger partial charge in [-0.15, -0.1) is 0 Å². The number of rotatable bonds is 6. The van der Waals surface area contributed by atoms with E-state index in [1.54, 1.807) is 12.1 Å². The van der Waals surface area contributed by atoms with E-state index in [9.17, 15) is 8.42 Å². The second-order valence-corrected chi connectivity index (χ2v) is 6.05. The first-order valence-corrected chi connectivity index (χ1v) is 7.16. The molecule has 1 aromatic rings. The summed E-state index contributed by atoms with van der Waals surface area (Å²) in [4.78, 5) is 0.126. The predicted octanol–water partition coefficient (Wildman–Crippen LogP) is 0.990. The monoisotopic (exact) mass is 273 g/mol. The van der Waals surface area contributed by atoms with Crippen LogP contribution in [0.1, 0.15) is 13.8 Å². The molecule has 0 fully saturated rings. The molecule has 0 aliphatic rings. The van der Waals surface area contributed by atoms with Crippen molar-refractivity contribution in [1.82, 2.24) is 4.72 Å². The van der Waals surface area contributed by atoms with E-state index in [0.717, 1.165) is 0 Å². The third-order valence-electron chi connectivity index (χ3n) is 2.66. The molecule has 0 aliphatic heterocycles. The smallest absolute Gasteiger partial charge is 0.241 e. The lowest BCUT2D eigenvalue weighted by molar-refractivity contribution is 0.227. The van der Waals surface area contributed by atoms with Crippen LogP contribution in [-0.4, -0.2) is 33.3 Å². The van der Waals surface area contributed by atoms with Crippen LogP contribution in [0.3, 0.4) is 0 Å². The molecule has 0 bridgehead atoms. The van der Waals surface area contributed by atoms with Crippen LogP contribution in [0.4, 0.5) is 0 Å². The highest BCUT2D eigenvalue weighted by atomic mass is 32.2. The van der Waals surface area contributed by atoms with Crippen molar-refractivity contribution in [2.45, 2.75) is 24.8 Å². The topological polar surface area (TPSA) is 75.6 Å². The minimum absolute atomic E-state index is 0.00961. The molecule has 1 rings (SSSR count). The van der Waals surface area contributed by atoms with Gasteiger partial charge in [-0.2, -0.15) is 0 Å². The Hall–Kier alpha value is -1.11. The molecule has 0 aliphatic carbocycles.